The van der Waals surface area contributed by atoms with Crippen molar-refractivity contribution in [3.63, 3.8) is 0 Å². The largest absolute Gasteiger partial charge is 0.325 e. The van der Waals surface area contributed by atoms with Gasteiger partial charge in [0.25, 0.3) is 0 Å². The first-order chi connectivity index (χ1) is 12.5. The molecular formula is C18H16FN3O2S2. The molecule has 2 heterocycles. The maximum atomic E-state index is 13.3. The van der Waals surface area contributed by atoms with Gasteiger partial charge in [0.15, 0.2) is 5.16 Å². The van der Waals surface area contributed by atoms with E-state index < -0.39 is 15.8 Å². The van der Waals surface area contributed by atoms with Crippen LogP contribution in [-0.4, -0.2) is 23.7 Å². The van der Waals surface area contributed by atoms with Crippen LogP contribution in [0.25, 0.3) is 11.3 Å². The highest BCUT2D eigenvalue weighted by molar-refractivity contribution is 7.99. The summed E-state index contributed by atoms with van der Waals surface area (Å²) in [7, 11) is -3.69. The molecule has 1 aliphatic heterocycles. The van der Waals surface area contributed by atoms with Gasteiger partial charge in [-0.25, -0.2) is 17.8 Å². The normalized spacial score (nSPS) is 13.6. The fraction of sp³-hybridized carbons (Fsp3) is 0.167. The standard InChI is InChI=1S/C18H16FN3O2S2/c19-14-5-3-4-13(10-14)12-26(23,24)21-16-7-2-1-6-15(16)17-11-22-8-9-25-18(22)20-17/h1-7,10-11,21H,8-9,12H2. The predicted molar refractivity (Wildman–Crippen MR) is 101 cm³/mol. The quantitative estimate of drug-likeness (QED) is 0.722. The highest BCUT2D eigenvalue weighted by atomic mass is 32.2. The van der Waals surface area contributed by atoms with Crippen LogP contribution < -0.4 is 4.72 Å². The second-order valence-electron chi connectivity index (χ2n) is 5.99. The maximum Gasteiger partial charge on any atom is 0.236 e. The van der Waals surface area contributed by atoms with Gasteiger partial charge < -0.3 is 4.57 Å². The minimum absolute atomic E-state index is 0.297. The van der Waals surface area contributed by atoms with Gasteiger partial charge in [-0.15, -0.1) is 0 Å². The third-order valence-electron chi connectivity index (χ3n) is 4.02. The Kier molecular flexibility index (Phi) is 4.46. The zero-order valence-corrected chi connectivity index (χ0v) is 15.4. The van der Waals surface area contributed by atoms with Crippen molar-refractivity contribution in [2.24, 2.45) is 0 Å². The number of halogens is 1. The lowest BCUT2D eigenvalue weighted by atomic mass is 10.1. The molecule has 26 heavy (non-hydrogen) atoms. The number of hydrogen-bond acceptors (Lipinski definition) is 4. The second kappa shape index (κ2) is 6.77. The maximum absolute atomic E-state index is 13.3. The highest BCUT2D eigenvalue weighted by Crippen LogP contribution is 2.33. The molecule has 2 aromatic carbocycles. The summed E-state index contributed by atoms with van der Waals surface area (Å²) in [4.78, 5) is 4.59. The summed E-state index contributed by atoms with van der Waals surface area (Å²) in [5, 5.41) is 0.942. The van der Waals surface area contributed by atoms with Crippen molar-refractivity contribution < 1.29 is 12.8 Å². The molecule has 0 unspecified atom stereocenters. The molecule has 0 atom stereocenters. The Balaban J connectivity index is 1.62. The third-order valence-corrected chi connectivity index (χ3v) is 6.23. The van der Waals surface area contributed by atoms with E-state index in [2.05, 4.69) is 14.3 Å². The molecule has 1 aromatic heterocycles. The van der Waals surface area contributed by atoms with Gasteiger partial charge in [0.05, 0.1) is 17.1 Å². The van der Waals surface area contributed by atoms with E-state index in [-0.39, 0.29) is 5.75 Å². The molecule has 1 N–H and O–H groups in total. The Labute approximate surface area is 155 Å². The van der Waals surface area contributed by atoms with Gasteiger partial charge in [-0.05, 0) is 23.8 Å². The second-order valence-corrected chi connectivity index (χ2v) is 8.77. The summed E-state index contributed by atoms with van der Waals surface area (Å²) in [6, 6.07) is 12.7. The van der Waals surface area contributed by atoms with E-state index >= 15 is 0 Å². The number of benzene rings is 2. The van der Waals surface area contributed by atoms with E-state index in [1.807, 2.05) is 18.3 Å². The van der Waals surface area contributed by atoms with E-state index in [1.165, 1.54) is 18.2 Å². The van der Waals surface area contributed by atoms with Crippen molar-refractivity contribution >= 4 is 27.5 Å². The van der Waals surface area contributed by atoms with Gasteiger partial charge in [0, 0.05) is 24.1 Å². The van der Waals surface area contributed by atoms with Crippen molar-refractivity contribution in [2.45, 2.75) is 17.5 Å². The SMILES string of the molecule is O=S(=O)(Cc1cccc(F)c1)Nc1ccccc1-c1cn2c(n1)SCC2. The van der Waals surface area contributed by atoms with E-state index in [9.17, 15) is 12.8 Å². The molecule has 0 saturated carbocycles. The van der Waals surface area contributed by atoms with Crippen LogP contribution >= 0.6 is 11.8 Å². The number of anilines is 1. The number of imidazole rings is 1. The summed E-state index contributed by atoms with van der Waals surface area (Å²) < 4.78 is 43.1. The molecule has 1 aliphatic rings. The first-order valence-electron chi connectivity index (χ1n) is 8.04. The Hall–Kier alpha value is -2.32. The minimum Gasteiger partial charge on any atom is -0.325 e. The lowest BCUT2D eigenvalue weighted by Crippen LogP contribution is -2.15. The average molecular weight is 389 g/mol. The first-order valence-corrected chi connectivity index (χ1v) is 10.7. The van der Waals surface area contributed by atoms with Gasteiger partial charge in [-0.3, -0.25) is 4.72 Å². The van der Waals surface area contributed by atoms with E-state index in [0.29, 0.717) is 11.3 Å². The predicted octanol–water partition coefficient (Wildman–Crippen LogP) is 3.74. The number of hydrogen-bond donors (Lipinski definition) is 1. The number of rotatable bonds is 5. The van der Waals surface area contributed by atoms with Gasteiger partial charge >= 0.3 is 0 Å². The fourth-order valence-electron chi connectivity index (χ4n) is 2.88. The molecular weight excluding hydrogens is 373 g/mol. The zero-order chi connectivity index (χ0) is 18.1. The number of aryl methyl sites for hydroxylation is 1. The molecule has 0 amide bonds. The molecule has 0 bridgehead atoms. The Bertz CT molecular complexity index is 1040. The fourth-order valence-corrected chi connectivity index (χ4v) is 5.03. The highest BCUT2D eigenvalue weighted by Gasteiger charge is 2.19. The number of thioether (sulfide) groups is 1. The smallest absolute Gasteiger partial charge is 0.236 e. The lowest BCUT2D eigenvalue weighted by molar-refractivity contribution is 0.599. The Morgan fingerprint density at radius 2 is 2.04 bits per heavy atom. The van der Waals surface area contributed by atoms with Gasteiger partial charge in [0.2, 0.25) is 10.0 Å². The Morgan fingerprint density at radius 1 is 1.19 bits per heavy atom. The van der Waals surface area contributed by atoms with Gasteiger partial charge in [-0.1, -0.05) is 42.1 Å². The average Bonchev–Trinajstić information content (AvgIpc) is 3.16. The molecule has 0 spiro atoms. The van der Waals surface area contributed by atoms with E-state index in [1.54, 1.807) is 30.0 Å². The van der Waals surface area contributed by atoms with E-state index in [4.69, 9.17) is 0 Å². The van der Waals surface area contributed by atoms with Crippen molar-refractivity contribution in [3.8, 4) is 11.3 Å². The van der Waals surface area contributed by atoms with Crippen LogP contribution in [0.2, 0.25) is 0 Å². The molecule has 0 aliphatic carbocycles. The van der Waals surface area contributed by atoms with Crippen LogP contribution in [0.15, 0.2) is 59.9 Å². The van der Waals surface area contributed by atoms with Crippen molar-refractivity contribution in [3.05, 3.63) is 66.1 Å². The van der Waals surface area contributed by atoms with Crippen LogP contribution in [0.5, 0.6) is 0 Å². The van der Waals surface area contributed by atoms with Crippen LogP contribution in [-0.2, 0) is 22.3 Å². The molecule has 0 radical (unpaired) electrons. The summed E-state index contributed by atoms with van der Waals surface area (Å²) in [5.74, 6) is 0.252. The molecule has 0 fully saturated rings. The molecule has 0 saturated heterocycles. The van der Waals surface area contributed by atoms with E-state index in [0.717, 1.165) is 28.7 Å². The number of para-hydroxylation sites is 1. The molecule has 134 valence electrons. The first kappa shape index (κ1) is 17.1. The van der Waals surface area contributed by atoms with Crippen LogP contribution in [0, 0.1) is 5.82 Å². The summed E-state index contributed by atoms with van der Waals surface area (Å²) in [6.45, 7) is 0.903. The summed E-state index contributed by atoms with van der Waals surface area (Å²) in [6.07, 6.45) is 1.94. The van der Waals surface area contributed by atoms with Gasteiger partial charge in [0.1, 0.15) is 5.82 Å². The third kappa shape index (κ3) is 3.61. The number of sulfonamides is 1. The van der Waals surface area contributed by atoms with Crippen LogP contribution in [0.3, 0.4) is 0 Å². The van der Waals surface area contributed by atoms with Crippen LogP contribution in [0.4, 0.5) is 10.1 Å². The topological polar surface area (TPSA) is 64.0 Å². The lowest BCUT2D eigenvalue weighted by Gasteiger charge is -2.11. The molecule has 3 aromatic rings. The molecule has 8 heteroatoms. The number of aromatic nitrogens is 2. The summed E-state index contributed by atoms with van der Waals surface area (Å²) >= 11 is 1.68. The van der Waals surface area contributed by atoms with Crippen molar-refractivity contribution in [1.29, 1.82) is 0 Å². The molecule has 5 nitrogen and oxygen atoms in total. The minimum atomic E-state index is -3.69. The number of nitrogens with one attached hydrogen (secondary N) is 1. The van der Waals surface area contributed by atoms with Crippen LogP contribution in [0.1, 0.15) is 5.56 Å². The Morgan fingerprint density at radius 3 is 2.85 bits per heavy atom. The van der Waals surface area contributed by atoms with Gasteiger partial charge in [-0.2, -0.15) is 0 Å². The van der Waals surface area contributed by atoms with Crippen molar-refractivity contribution in [2.75, 3.05) is 10.5 Å². The number of nitrogens with zero attached hydrogens (tertiary/aromatic N) is 2. The summed E-state index contributed by atoms with van der Waals surface area (Å²) in [5.41, 5.74) is 2.31. The molecule has 4 rings (SSSR count). The zero-order valence-electron chi connectivity index (χ0n) is 13.7. The number of fused-ring (bicyclic) bond motifs is 1. The van der Waals surface area contributed by atoms with Crippen molar-refractivity contribution in [1.82, 2.24) is 9.55 Å². The monoisotopic (exact) mass is 389 g/mol.